The fraction of sp³-hybridized carbons (Fsp3) is 0.353. The number of benzene rings is 1. The molecule has 1 N–H and O–H groups in total. The van der Waals surface area contributed by atoms with Crippen LogP contribution in [0.15, 0.2) is 36.5 Å². The van der Waals surface area contributed by atoms with Crippen LogP contribution in [-0.4, -0.2) is 24.2 Å². The van der Waals surface area contributed by atoms with Crippen molar-refractivity contribution in [3.63, 3.8) is 0 Å². The van der Waals surface area contributed by atoms with Crippen LogP contribution in [0.3, 0.4) is 0 Å². The number of halogens is 2. The Kier molecular flexibility index (Phi) is 6.96. The number of hydrogen-bond acceptors (Lipinski definition) is 4. The van der Waals surface area contributed by atoms with Crippen molar-refractivity contribution in [3.05, 3.63) is 52.1 Å². The number of aromatic nitrogens is 1. The molecule has 0 unspecified atom stereocenters. The van der Waals surface area contributed by atoms with Gasteiger partial charge in [-0.2, -0.15) is 0 Å². The lowest BCUT2D eigenvalue weighted by molar-refractivity contribution is 0.242. The maximum absolute atomic E-state index is 6.23. The fourth-order valence-electron chi connectivity index (χ4n) is 1.96. The van der Waals surface area contributed by atoms with Crippen LogP contribution in [0.5, 0.6) is 11.6 Å². The van der Waals surface area contributed by atoms with E-state index in [2.05, 4.69) is 10.3 Å². The summed E-state index contributed by atoms with van der Waals surface area (Å²) in [7, 11) is 0. The van der Waals surface area contributed by atoms with Gasteiger partial charge in [-0.3, -0.25) is 0 Å². The summed E-state index contributed by atoms with van der Waals surface area (Å²) in [6.45, 7) is 5.74. The molecule has 0 aliphatic rings. The van der Waals surface area contributed by atoms with E-state index in [0.29, 0.717) is 41.4 Å². The number of nitrogens with one attached hydrogen (secondary N) is 1. The molecule has 6 heteroatoms. The minimum Gasteiger partial charge on any atom is -0.488 e. The van der Waals surface area contributed by atoms with Crippen molar-refractivity contribution >= 4 is 23.2 Å². The van der Waals surface area contributed by atoms with Gasteiger partial charge in [-0.25, -0.2) is 4.98 Å². The Hall–Kier alpha value is -1.49. The molecule has 0 aliphatic carbocycles. The van der Waals surface area contributed by atoms with Gasteiger partial charge in [-0.15, -0.1) is 0 Å². The van der Waals surface area contributed by atoms with Gasteiger partial charge < -0.3 is 14.8 Å². The van der Waals surface area contributed by atoms with Gasteiger partial charge in [-0.05, 0) is 37.6 Å². The van der Waals surface area contributed by atoms with E-state index >= 15 is 0 Å². The van der Waals surface area contributed by atoms with E-state index < -0.39 is 0 Å². The first-order valence-corrected chi connectivity index (χ1v) is 8.21. The van der Waals surface area contributed by atoms with Crippen LogP contribution in [0.1, 0.15) is 19.4 Å². The zero-order valence-electron chi connectivity index (χ0n) is 13.2. The van der Waals surface area contributed by atoms with Crippen molar-refractivity contribution in [3.8, 4) is 11.6 Å². The van der Waals surface area contributed by atoms with E-state index in [9.17, 15) is 0 Å². The van der Waals surface area contributed by atoms with Gasteiger partial charge in [0.05, 0.1) is 16.1 Å². The first kappa shape index (κ1) is 17.9. The molecule has 1 aromatic heterocycles. The Morgan fingerprint density at radius 3 is 2.52 bits per heavy atom. The second kappa shape index (κ2) is 8.96. The molecular formula is C17H20Cl2N2O2. The Morgan fingerprint density at radius 1 is 1.17 bits per heavy atom. The minimum absolute atomic E-state index is 0.0257. The summed E-state index contributed by atoms with van der Waals surface area (Å²) in [5.74, 6) is 1.15. The summed E-state index contributed by atoms with van der Waals surface area (Å²) in [6.07, 6.45) is 1.73. The topological polar surface area (TPSA) is 43.4 Å². The highest BCUT2D eigenvalue weighted by Crippen LogP contribution is 2.34. The Balaban J connectivity index is 1.79. The molecule has 0 aliphatic heterocycles. The number of rotatable bonds is 8. The maximum atomic E-state index is 6.23. The highest BCUT2D eigenvalue weighted by Gasteiger charge is 2.11. The summed E-state index contributed by atoms with van der Waals surface area (Å²) in [5.41, 5.74) is 0.994. The highest BCUT2D eigenvalue weighted by molar-refractivity contribution is 6.37. The molecule has 0 saturated carbocycles. The summed E-state index contributed by atoms with van der Waals surface area (Å²) in [5, 5.41) is 4.32. The first-order chi connectivity index (χ1) is 11.1. The Bertz CT molecular complexity index is 598. The average Bonchev–Trinajstić information content (AvgIpc) is 2.51. The van der Waals surface area contributed by atoms with Crippen molar-refractivity contribution in [2.24, 2.45) is 0 Å². The Morgan fingerprint density at radius 2 is 1.91 bits per heavy atom. The third-order valence-corrected chi connectivity index (χ3v) is 3.47. The lowest BCUT2D eigenvalue weighted by Crippen LogP contribution is -2.20. The van der Waals surface area contributed by atoms with Gasteiger partial charge in [0, 0.05) is 25.4 Å². The minimum atomic E-state index is 0.0257. The molecule has 0 amide bonds. The molecule has 0 atom stereocenters. The molecule has 0 radical (unpaired) electrons. The summed E-state index contributed by atoms with van der Waals surface area (Å²) in [4.78, 5) is 4.09. The summed E-state index contributed by atoms with van der Waals surface area (Å²) in [6, 6.07) is 9.29. The number of hydrogen-bond donors (Lipinski definition) is 1. The number of pyridine rings is 1. The van der Waals surface area contributed by atoms with Gasteiger partial charge in [0.25, 0.3) is 0 Å². The molecule has 0 fully saturated rings. The van der Waals surface area contributed by atoms with Crippen molar-refractivity contribution in [1.82, 2.24) is 10.3 Å². The second-order valence-electron chi connectivity index (χ2n) is 5.25. The van der Waals surface area contributed by atoms with E-state index in [-0.39, 0.29) is 6.10 Å². The predicted octanol–water partition coefficient (Wildman–Crippen LogP) is 4.34. The first-order valence-electron chi connectivity index (χ1n) is 7.45. The lowest BCUT2D eigenvalue weighted by atomic mass is 10.2. The molecular weight excluding hydrogens is 335 g/mol. The van der Waals surface area contributed by atoms with Gasteiger partial charge in [0.1, 0.15) is 6.61 Å². The van der Waals surface area contributed by atoms with Crippen molar-refractivity contribution in [1.29, 1.82) is 0 Å². The third kappa shape index (κ3) is 5.90. The molecule has 1 aromatic carbocycles. The zero-order valence-corrected chi connectivity index (χ0v) is 14.7. The molecule has 23 heavy (non-hydrogen) atoms. The van der Waals surface area contributed by atoms with Crippen molar-refractivity contribution in [2.75, 3.05) is 13.2 Å². The van der Waals surface area contributed by atoms with Gasteiger partial charge in [-0.1, -0.05) is 29.3 Å². The maximum Gasteiger partial charge on any atom is 0.213 e. The van der Waals surface area contributed by atoms with E-state index in [1.165, 1.54) is 0 Å². The monoisotopic (exact) mass is 354 g/mol. The largest absolute Gasteiger partial charge is 0.488 e. The molecule has 2 aromatic rings. The molecule has 0 saturated heterocycles. The predicted molar refractivity (Wildman–Crippen MR) is 93.7 cm³/mol. The van der Waals surface area contributed by atoms with Crippen LogP contribution in [0.4, 0.5) is 0 Å². The molecule has 4 nitrogen and oxygen atoms in total. The highest BCUT2D eigenvalue weighted by atomic mass is 35.5. The van der Waals surface area contributed by atoms with Crippen molar-refractivity contribution in [2.45, 2.75) is 26.5 Å². The second-order valence-corrected chi connectivity index (χ2v) is 6.06. The SMILES string of the molecule is CC(C)Oc1c(Cl)cc(CNCCOc2ccccn2)cc1Cl. The Labute approximate surface area is 146 Å². The molecule has 0 bridgehead atoms. The average molecular weight is 355 g/mol. The summed E-state index contributed by atoms with van der Waals surface area (Å²) < 4.78 is 11.1. The van der Waals surface area contributed by atoms with E-state index in [0.717, 1.165) is 5.56 Å². The van der Waals surface area contributed by atoms with E-state index in [1.807, 2.05) is 44.2 Å². The quantitative estimate of drug-likeness (QED) is 0.716. The van der Waals surface area contributed by atoms with Crippen molar-refractivity contribution < 1.29 is 9.47 Å². The third-order valence-electron chi connectivity index (χ3n) is 2.91. The van der Waals surface area contributed by atoms with Crippen LogP contribution >= 0.6 is 23.2 Å². The van der Waals surface area contributed by atoms with Gasteiger partial charge >= 0.3 is 0 Å². The fourth-order valence-corrected chi connectivity index (χ4v) is 2.58. The van der Waals surface area contributed by atoms with Gasteiger partial charge in [0.2, 0.25) is 5.88 Å². The van der Waals surface area contributed by atoms with Crippen LogP contribution < -0.4 is 14.8 Å². The standard InChI is InChI=1S/C17H20Cl2N2O2/c1-12(2)23-17-14(18)9-13(10-15(17)19)11-20-7-8-22-16-5-3-4-6-21-16/h3-6,9-10,12,20H,7-8,11H2,1-2H3. The van der Waals surface area contributed by atoms with Gasteiger partial charge in [0.15, 0.2) is 5.75 Å². The normalized spacial score (nSPS) is 10.8. The lowest BCUT2D eigenvalue weighted by Gasteiger charge is -2.14. The molecule has 124 valence electrons. The smallest absolute Gasteiger partial charge is 0.213 e. The molecule has 2 rings (SSSR count). The number of nitrogens with zero attached hydrogens (tertiary/aromatic N) is 1. The van der Waals surface area contributed by atoms with E-state index in [4.69, 9.17) is 32.7 Å². The molecule has 0 spiro atoms. The molecule has 1 heterocycles. The van der Waals surface area contributed by atoms with E-state index in [1.54, 1.807) is 6.20 Å². The van der Waals surface area contributed by atoms with Crippen LogP contribution in [-0.2, 0) is 6.54 Å². The number of ether oxygens (including phenoxy) is 2. The van der Waals surface area contributed by atoms with Crippen LogP contribution in [0, 0.1) is 0 Å². The van der Waals surface area contributed by atoms with Crippen LogP contribution in [0.2, 0.25) is 10.0 Å². The zero-order chi connectivity index (χ0) is 16.7. The summed E-state index contributed by atoms with van der Waals surface area (Å²) >= 11 is 12.5. The van der Waals surface area contributed by atoms with Crippen LogP contribution in [0.25, 0.3) is 0 Å².